The molecule has 20 heavy (non-hydrogen) atoms. The molecular weight excluding hydrogens is 252 g/mol. The van der Waals surface area contributed by atoms with Gasteiger partial charge in [-0.05, 0) is 31.9 Å². The van der Waals surface area contributed by atoms with E-state index >= 15 is 0 Å². The van der Waals surface area contributed by atoms with Gasteiger partial charge in [-0.25, -0.2) is 4.79 Å². The third-order valence-electron chi connectivity index (χ3n) is 3.56. The summed E-state index contributed by atoms with van der Waals surface area (Å²) in [6.07, 6.45) is 5.93. The Morgan fingerprint density at radius 1 is 1.25 bits per heavy atom. The van der Waals surface area contributed by atoms with E-state index in [9.17, 15) is 4.79 Å². The molecule has 2 N–H and O–H groups in total. The standard InChI is InChI=1S/C16H24N2O2/c1-13(12-20-15-10-6-3-7-11-15)17-16(19)18-14-8-4-2-5-9-14/h3,6-7,10-11,13-14H,2,4-5,8-9,12H2,1H3,(H2,17,18,19). The fraction of sp³-hybridized carbons (Fsp3) is 0.562. The van der Waals surface area contributed by atoms with Gasteiger partial charge in [0.05, 0.1) is 6.04 Å². The number of hydrogen-bond acceptors (Lipinski definition) is 2. The van der Waals surface area contributed by atoms with Gasteiger partial charge in [-0.1, -0.05) is 37.5 Å². The molecule has 0 saturated heterocycles. The molecule has 0 spiro atoms. The Morgan fingerprint density at radius 2 is 1.95 bits per heavy atom. The average Bonchev–Trinajstić information content (AvgIpc) is 2.47. The molecule has 1 aromatic carbocycles. The summed E-state index contributed by atoms with van der Waals surface area (Å²) in [6.45, 7) is 2.42. The van der Waals surface area contributed by atoms with Crippen LogP contribution in [0.25, 0.3) is 0 Å². The van der Waals surface area contributed by atoms with E-state index in [1.54, 1.807) is 0 Å². The van der Waals surface area contributed by atoms with Crippen molar-refractivity contribution in [3.8, 4) is 5.75 Å². The maximum atomic E-state index is 11.9. The van der Waals surface area contributed by atoms with E-state index < -0.39 is 0 Å². The first kappa shape index (κ1) is 14.7. The van der Waals surface area contributed by atoms with Crippen molar-refractivity contribution in [2.45, 2.75) is 51.1 Å². The lowest BCUT2D eigenvalue weighted by molar-refractivity contribution is 0.219. The van der Waals surface area contributed by atoms with Crippen LogP contribution in [0.3, 0.4) is 0 Å². The first-order chi connectivity index (χ1) is 9.74. The average molecular weight is 276 g/mol. The molecule has 2 rings (SSSR count). The number of para-hydroxylation sites is 1. The minimum absolute atomic E-state index is 0.0150. The second kappa shape index (κ2) is 7.78. The molecule has 0 aromatic heterocycles. The number of carbonyl (C=O) groups excluding carboxylic acids is 1. The topological polar surface area (TPSA) is 50.4 Å². The number of amides is 2. The molecule has 1 aromatic rings. The summed E-state index contributed by atoms with van der Waals surface area (Å²) in [7, 11) is 0. The minimum Gasteiger partial charge on any atom is -0.491 e. The lowest BCUT2D eigenvalue weighted by Crippen LogP contribution is -2.47. The highest BCUT2D eigenvalue weighted by Gasteiger charge is 2.16. The zero-order chi connectivity index (χ0) is 14.2. The van der Waals surface area contributed by atoms with Gasteiger partial charge in [-0.15, -0.1) is 0 Å². The molecule has 1 aliphatic carbocycles. The lowest BCUT2D eigenvalue weighted by Gasteiger charge is -2.24. The van der Waals surface area contributed by atoms with Crippen LogP contribution < -0.4 is 15.4 Å². The van der Waals surface area contributed by atoms with Crippen LogP contribution in [0.4, 0.5) is 4.79 Å². The zero-order valence-electron chi connectivity index (χ0n) is 12.1. The molecule has 0 radical (unpaired) electrons. The molecule has 0 bridgehead atoms. The van der Waals surface area contributed by atoms with Crippen LogP contribution in [-0.4, -0.2) is 24.7 Å². The number of urea groups is 1. The summed E-state index contributed by atoms with van der Waals surface area (Å²) in [5.74, 6) is 0.828. The van der Waals surface area contributed by atoms with Crippen LogP contribution in [0.5, 0.6) is 5.75 Å². The van der Waals surface area contributed by atoms with Crippen molar-refractivity contribution in [2.24, 2.45) is 0 Å². The second-order valence-corrected chi connectivity index (χ2v) is 5.48. The largest absolute Gasteiger partial charge is 0.491 e. The molecular formula is C16H24N2O2. The number of ether oxygens (including phenoxy) is 1. The van der Waals surface area contributed by atoms with Crippen LogP contribution in [0.1, 0.15) is 39.0 Å². The molecule has 110 valence electrons. The quantitative estimate of drug-likeness (QED) is 0.868. The fourth-order valence-electron chi connectivity index (χ4n) is 2.48. The van der Waals surface area contributed by atoms with E-state index in [1.807, 2.05) is 37.3 Å². The Bertz CT molecular complexity index is 402. The van der Waals surface area contributed by atoms with Gasteiger partial charge in [-0.3, -0.25) is 0 Å². The second-order valence-electron chi connectivity index (χ2n) is 5.48. The Morgan fingerprint density at radius 3 is 2.65 bits per heavy atom. The summed E-state index contributed by atoms with van der Waals surface area (Å²) in [4.78, 5) is 11.9. The highest BCUT2D eigenvalue weighted by Crippen LogP contribution is 2.17. The van der Waals surface area contributed by atoms with Gasteiger partial charge in [0, 0.05) is 6.04 Å². The van der Waals surface area contributed by atoms with E-state index in [2.05, 4.69) is 10.6 Å². The van der Waals surface area contributed by atoms with Crippen molar-refractivity contribution in [1.29, 1.82) is 0 Å². The number of hydrogen-bond donors (Lipinski definition) is 2. The highest BCUT2D eigenvalue weighted by molar-refractivity contribution is 5.74. The number of rotatable bonds is 5. The molecule has 4 nitrogen and oxygen atoms in total. The molecule has 1 aliphatic rings. The van der Waals surface area contributed by atoms with Crippen LogP contribution in [0.15, 0.2) is 30.3 Å². The predicted octanol–water partition coefficient (Wildman–Crippen LogP) is 3.09. The van der Waals surface area contributed by atoms with Gasteiger partial charge >= 0.3 is 6.03 Å². The number of carbonyl (C=O) groups is 1. The minimum atomic E-state index is -0.0824. The summed E-state index contributed by atoms with van der Waals surface area (Å²) < 4.78 is 5.62. The predicted molar refractivity (Wildman–Crippen MR) is 79.9 cm³/mol. The van der Waals surface area contributed by atoms with Crippen molar-refractivity contribution in [1.82, 2.24) is 10.6 Å². The summed E-state index contributed by atoms with van der Waals surface area (Å²) in [5.41, 5.74) is 0. The summed E-state index contributed by atoms with van der Waals surface area (Å²) in [6, 6.07) is 9.88. The SMILES string of the molecule is CC(COc1ccccc1)NC(=O)NC1CCCCC1. The van der Waals surface area contributed by atoms with Gasteiger partial charge in [-0.2, -0.15) is 0 Å². The molecule has 4 heteroatoms. The molecule has 0 aliphatic heterocycles. The Kier molecular flexibility index (Phi) is 5.71. The van der Waals surface area contributed by atoms with Crippen molar-refractivity contribution in [2.75, 3.05) is 6.61 Å². The zero-order valence-corrected chi connectivity index (χ0v) is 12.1. The molecule has 1 saturated carbocycles. The summed E-state index contributed by atoms with van der Waals surface area (Å²) >= 11 is 0. The first-order valence-corrected chi connectivity index (χ1v) is 7.49. The van der Waals surface area contributed by atoms with Gasteiger partial charge in [0.1, 0.15) is 12.4 Å². The Balaban J connectivity index is 1.65. The van der Waals surface area contributed by atoms with Crippen molar-refractivity contribution in [3.63, 3.8) is 0 Å². The maximum absolute atomic E-state index is 11.9. The highest BCUT2D eigenvalue weighted by atomic mass is 16.5. The van der Waals surface area contributed by atoms with Crippen molar-refractivity contribution < 1.29 is 9.53 Å². The van der Waals surface area contributed by atoms with E-state index in [4.69, 9.17) is 4.74 Å². The third-order valence-corrected chi connectivity index (χ3v) is 3.56. The molecule has 2 amide bonds. The third kappa shape index (κ3) is 5.11. The summed E-state index contributed by atoms with van der Waals surface area (Å²) in [5, 5.41) is 5.96. The molecule has 1 atom stereocenters. The van der Waals surface area contributed by atoms with E-state index in [-0.39, 0.29) is 12.1 Å². The van der Waals surface area contributed by atoms with Crippen molar-refractivity contribution >= 4 is 6.03 Å². The van der Waals surface area contributed by atoms with Crippen LogP contribution >= 0.6 is 0 Å². The van der Waals surface area contributed by atoms with Gasteiger partial charge in [0.15, 0.2) is 0 Å². The van der Waals surface area contributed by atoms with E-state index in [1.165, 1.54) is 19.3 Å². The van der Waals surface area contributed by atoms with E-state index in [0.717, 1.165) is 18.6 Å². The van der Waals surface area contributed by atoms with Gasteiger partial charge in [0.25, 0.3) is 0 Å². The lowest BCUT2D eigenvalue weighted by atomic mass is 9.96. The first-order valence-electron chi connectivity index (χ1n) is 7.49. The number of nitrogens with one attached hydrogen (secondary N) is 2. The molecule has 1 unspecified atom stereocenters. The molecule has 0 heterocycles. The Hall–Kier alpha value is -1.71. The maximum Gasteiger partial charge on any atom is 0.315 e. The van der Waals surface area contributed by atoms with Crippen LogP contribution in [0, 0.1) is 0 Å². The fourth-order valence-corrected chi connectivity index (χ4v) is 2.48. The normalized spacial score (nSPS) is 17.2. The monoisotopic (exact) mass is 276 g/mol. The van der Waals surface area contributed by atoms with Crippen LogP contribution in [-0.2, 0) is 0 Å². The number of benzene rings is 1. The van der Waals surface area contributed by atoms with E-state index in [0.29, 0.717) is 12.6 Å². The Labute approximate surface area is 120 Å². The van der Waals surface area contributed by atoms with Crippen LogP contribution in [0.2, 0.25) is 0 Å². The molecule has 1 fully saturated rings. The van der Waals surface area contributed by atoms with Gasteiger partial charge in [0.2, 0.25) is 0 Å². The van der Waals surface area contributed by atoms with Crippen molar-refractivity contribution in [3.05, 3.63) is 30.3 Å². The van der Waals surface area contributed by atoms with Gasteiger partial charge < -0.3 is 15.4 Å². The smallest absolute Gasteiger partial charge is 0.315 e.